The normalized spacial score (nSPS) is 25.9. The highest BCUT2D eigenvalue weighted by Crippen LogP contribution is 2.43. The minimum Gasteiger partial charge on any atom is -0.379 e. The van der Waals surface area contributed by atoms with E-state index in [1.165, 1.54) is 30.6 Å². The van der Waals surface area contributed by atoms with Gasteiger partial charge in [0, 0.05) is 61.8 Å². The summed E-state index contributed by atoms with van der Waals surface area (Å²) in [5, 5.41) is 8.03. The SMILES string of the molecule is C[C@@H]1CN(CC(=O)N2CC(C)(C)c3c2cc(C(F)c2ccc(F)cc2)c2ncnn32)[C@@H](CN2CCOC[C@H]2C)CN1. The second-order valence-electron chi connectivity index (χ2n) is 12.4. The van der Waals surface area contributed by atoms with E-state index in [1.54, 1.807) is 15.5 Å². The first-order valence-electron chi connectivity index (χ1n) is 14.5. The summed E-state index contributed by atoms with van der Waals surface area (Å²) in [5.41, 5.74) is 2.09. The van der Waals surface area contributed by atoms with Crippen LogP contribution in [0.25, 0.3) is 5.65 Å². The van der Waals surface area contributed by atoms with Crippen molar-refractivity contribution >= 4 is 17.2 Å². The number of benzene rings is 1. The topological polar surface area (TPSA) is 78.2 Å². The molecule has 3 aliphatic rings. The first-order chi connectivity index (χ1) is 19.6. The molecule has 4 atom stereocenters. The van der Waals surface area contributed by atoms with Crippen LogP contribution in [0, 0.1) is 5.82 Å². The molecule has 1 N–H and O–H groups in total. The van der Waals surface area contributed by atoms with E-state index < -0.39 is 17.4 Å². The van der Waals surface area contributed by atoms with Gasteiger partial charge in [-0.25, -0.2) is 18.3 Å². The molecule has 0 spiro atoms. The molecule has 0 aliphatic carbocycles. The molecule has 1 unspecified atom stereocenters. The van der Waals surface area contributed by atoms with E-state index in [0.717, 1.165) is 45.1 Å². The number of hydrogen-bond acceptors (Lipinski definition) is 7. The average molecular weight is 568 g/mol. The van der Waals surface area contributed by atoms with Crippen LogP contribution in [-0.2, 0) is 14.9 Å². The molecule has 2 aromatic heterocycles. The number of fused-ring (bicyclic) bond motifs is 3. The van der Waals surface area contributed by atoms with Gasteiger partial charge in [0.2, 0.25) is 5.91 Å². The van der Waals surface area contributed by atoms with Gasteiger partial charge in [-0.1, -0.05) is 26.0 Å². The Balaban J connectivity index is 1.30. The lowest BCUT2D eigenvalue weighted by Gasteiger charge is -2.43. The van der Waals surface area contributed by atoms with Crippen molar-refractivity contribution in [3.63, 3.8) is 0 Å². The summed E-state index contributed by atoms with van der Waals surface area (Å²) in [4.78, 5) is 25.0. The molecule has 3 aromatic rings. The smallest absolute Gasteiger partial charge is 0.241 e. The maximum absolute atomic E-state index is 16.0. The van der Waals surface area contributed by atoms with Crippen molar-refractivity contribution in [3.8, 4) is 0 Å². The van der Waals surface area contributed by atoms with E-state index in [9.17, 15) is 9.18 Å². The van der Waals surface area contributed by atoms with Gasteiger partial charge in [-0.3, -0.25) is 14.6 Å². The van der Waals surface area contributed by atoms with Gasteiger partial charge in [0.15, 0.2) is 11.8 Å². The minimum atomic E-state index is -1.55. The van der Waals surface area contributed by atoms with Crippen molar-refractivity contribution in [1.29, 1.82) is 0 Å². The quantitative estimate of drug-likeness (QED) is 0.491. The second kappa shape index (κ2) is 11.0. The molecule has 6 rings (SSSR count). The van der Waals surface area contributed by atoms with Crippen molar-refractivity contribution < 1.29 is 18.3 Å². The maximum Gasteiger partial charge on any atom is 0.241 e. The van der Waals surface area contributed by atoms with Crippen LogP contribution in [0.3, 0.4) is 0 Å². The maximum atomic E-state index is 16.0. The van der Waals surface area contributed by atoms with Crippen LogP contribution in [0.2, 0.25) is 0 Å². The van der Waals surface area contributed by atoms with E-state index >= 15 is 4.39 Å². The van der Waals surface area contributed by atoms with E-state index in [1.807, 2.05) is 0 Å². The van der Waals surface area contributed by atoms with Gasteiger partial charge in [-0.05, 0) is 37.6 Å². The molecular weight excluding hydrogens is 528 g/mol. The van der Waals surface area contributed by atoms with Crippen molar-refractivity contribution in [2.45, 2.75) is 57.4 Å². The van der Waals surface area contributed by atoms with Crippen LogP contribution < -0.4 is 10.2 Å². The summed E-state index contributed by atoms with van der Waals surface area (Å²) >= 11 is 0. The number of carbonyl (C=O) groups excluding carboxylic acids is 1. The Labute approximate surface area is 239 Å². The highest BCUT2D eigenvalue weighted by atomic mass is 19.1. The Kier molecular flexibility index (Phi) is 7.56. The zero-order valence-corrected chi connectivity index (χ0v) is 24.2. The van der Waals surface area contributed by atoms with Crippen LogP contribution in [0.1, 0.15) is 50.7 Å². The summed E-state index contributed by atoms with van der Waals surface area (Å²) in [7, 11) is 0. The summed E-state index contributed by atoms with van der Waals surface area (Å²) in [6.45, 7) is 14.0. The van der Waals surface area contributed by atoms with Gasteiger partial charge in [-0.15, -0.1) is 0 Å². The molecule has 9 nitrogen and oxygen atoms in total. The van der Waals surface area contributed by atoms with Crippen LogP contribution in [0.15, 0.2) is 36.7 Å². The monoisotopic (exact) mass is 567 g/mol. The number of rotatable bonds is 6. The Morgan fingerprint density at radius 2 is 2.00 bits per heavy atom. The first kappa shape index (κ1) is 28.1. The lowest BCUT2D eigenvalue weighted by molar-refractivity contribution is -0.121. The number of ether oxygens (including phenoxy) is 1. The molecule has 1 amide bonds. The fourth-order valence-electron chi connectivity index (χ4n) is 6.57. The Morgan fingerprint density at radius 3 is 2.76 bits per heavy atom. The lowest BCUT2D eigenvalue weighted by atomic mass is 9.90. The average Bonchev–Trinajstić information content (AvgIpc) is 3.53. The van der Waals surface area contributed by atoms with Crippen molar-refractivity contribution in [2.24, 2.45) is 0 Å². The molecule has 41 heavy (non-hydrogen) atoms. The number of amides is 1. The molecule has 3 aliphatic heterocycles. The van der Waals surface area contributed by atoms with Gasteiger partial charge in [0.05, 0.1) is 31.1 Å². The Morgan fingerprint density at radius 1 is 1.22 bits per heavy atom. The molecule has 0 radical (unpaired) electrons. The van der Waals surface area contributed by atoms with E-state index in [2.05, 4.69) is 52.9 Å². The number of aromatic nitrogens is 3. The van der Waals surface area contributed by atoms with E-state index in [-0.39, 0.29) is 24.5 Å². The lowest BCUT2D eigenvalue weighted by Crippen LogP contribution is -2.62. The molecular formula is C30H39F2N7O2. The Hall–Kier alpha value is -2.99. The molecule has 11 heteroatoms. The fourth-order valence-corrected chi connectivity index (χ4v) is 6.57. The number of piperazine rings is 1. The van der Waals surface area contributed by atoms with Gasteiger partial charge in [-0.2, -0.15) is 5.10 Å². The van der Waals surface area contributed by atoms with Crippen molar-refractivity contribution in [3.05, 3.63) is 59.3 Å². The predicted octanol–water partition coefficient (Wildman–Crippen LogP) is 2.93. The molecule has 1 aromatic carbocycles. The van der Waals surface area contributed by atoms with Crippen LogP contribution in [0.5, 0.6) is 0 Å². The van der Waals surface area contributed by atoms with Gasteiger partial charge >= 0.3 is 0 Å². The standard InChI is InChI=1S/C30H39F2N7O2/c1-19-13-37(23(12-33-19)14-36-9-10-41-16-20(36)2)15-26(40)38-17-30(3,4)28-25(38)11-24(29-34-18-35-39(28)29)27(32)21-5-7-22(31)8-6-21/h5-8,11,18-20,23,27,33H,9-10,12-17H2,1-4H3/t19-,20-,23-,27?/m1/s1. The summed E-state index contributed by atoms with van der Waals surface area (Å²) < 4.78 is 36.8. The molecule has 0 bridgehead atoms. The third-order valence-corrected chi connectivity index (χ3v) is 8.79. The number of alkyl halides is 1. The summed E-state index contributed by atoms with van der Waals surface area (Å²) in [6, 6.07) is 7.91. The van der Waals surface area contributed by atoms with Gasteiger partial charge in [0.1, 0.15) is 12.1 Å². The molecule has 2 fully saturated rings. The number of nitrogens with zero attached hydrogens (tertiary/aromatic N) is 6. The highest BCUT2D eigenvalue weighted by Gasteiger charge is 2.43. The summed E-state index contributed by atoms with van der Waals surface area (Å²) in [5.74, 6) is -0.446. The molecule has 0 saturated carbocycles. The van der Waals surface area contributed by atoms with Crippen LogP contribution >= 0.6 is 0 Å². The molecule has 220 valence electrons. The zero-order chi connectivity index (χ0) is 28.9. The number of nitrogens with one attached hydrogen (secondary N) is 1. The molecule has 2 saturated heterocycles. The van der Waals surface area contributed by atoms with Crippen LogP contribution in [-0.4, -0.2) is 101 Å². The Bertz CT molecular complexity index is 1410. The number of carbonyl (C=O) groups is 1. The zero-order valence-electron chi connectivity index (χ0n) is 24.2. The number of hydrogen-bond donors (Lipinski definition) is 1. The van der Waals surface area contributed by atoms with Gasteiger partial charge in [0.25, 0.3) is 0 Å². The first-order valence-corrected chi connectivity index (χ1v) is 14.5. The van der Waals surface area contributed by atoms with Crippen molar-refractivity contribution in [2.75, 3.05) is 57.4 Å². The third kappa shape index (κ3) is 5.36. The van der Waals surface area contributed by atoms with E-state index in [0.29, 0.717) is 35.0 Å². The number of morpholine rings is 1. The number of anilines is 1. The second-order valence-corrected chi connectivity index (χ2v) is 12.4. The number of pyridine rings is 1. The number of halogens is 2. The minimum absolute atomic E-state index is 0.0199. The predicted molar refractivity (Wildman–Crippen MR) is 152 cm³/mol. The summed E-state index contributed by atoms with van der Waals surface area (Å²) in [6.07, 6.45) is -0.140. The third-order valence-electron chi connectivity index (χ3n) is 8.79. The highest BCUT2D eigenvalue weighted by molar-refractivity contribution is 5.97. The van der Waals surface area contributed by atoms with Crippen LogP contribution in [0.4, 0.5) is 14.5 Å². The fraction of sp³-hybridized carbons (Fsp3) is 0.567. The van der Waals surface area contributed by atoms with Crippen molar-refractivity contribution in [1.82, 2.24) is 29.7 Å². The van der Waals surface area contributed by atoms with E-state index in [4.69, 9.17) is 4.74 Å². The largest absolute Gasteiger partial charge is 0.379 e. The van der Waals surface area contributed by atoms with Gasteiger partial charge < -0.3 is 15.0 Å². The molecule has 5 heterocycles.